The third kappa shape index (κ3) is 3.91. The van der Waals surface area contributed by atoms with Crippen molar-refractivity contribution in [1.29, 1.82) is 0 Å². The summed E-state index contributed by atoms with van der Waals surface area (Å²) in [4.78, 5) is 10.4. The van der Waals surface area contributed by atoms with E-state index in [0.717, 1.165) is 22.3 Å². The van der Waals surface area contributed by atoms with Crippen LogP contribution in [0.4, 0.5) is 0 Å². The molecule has 0 aromatic carbocycles. The molecule has 7 heteroatoms. The van der Waals surface area contributed by atoms with Crippen LogP contribution in [0.3, 0.4) is 0 Å². The van der Waals surface area contributed by atoms with E-state index in [2.05, 4.69) is 21.0 Å². The summed E-state index contributed by atoms with van der Waals surface area (Å²) >= 11 is 3.48. The van der Waals surface area contributed by atoms with E-state index in [1.807, 2.05) is 18.5 Å². The molecule has 1 aromatic heterocycles. The van der Waals surface area contributed by atoms with Gasteiger partial charge in [-0.2, -0.15) is 5.10 Å². The Kier molecular flexibility index (Phi) is 6.01. The van der Waals surface area contributed by atoms with Gasteiger partial charge >= 0.3 is 5.97 Å². The molecule has 0 aliphatic rings. The van der Waals surface area contributed by atoms with Crippen LogP contribution in [0.15, 0.2) is 4.47 Å². The summed E-state index contributed by atoms with van der Waals surface area (Å²) in [6.45, 7) is 4.70. The van der Waals surface area contributed by atoms with Gasteiger partial charge in [0, 0.05) is 23.1 Å². The highest BCUT2D eigenvalue weighted by atomic mass is 79.9. The van der Waals surface area contributed by atoms with Gasteiger partial charge in [0.25, 0.3) is 0 Å². The van der Waals surface area contributed by atoms with Crippen molar-refractivity contribution in [3.63, 3.8) is 0 Å². The molecule has 0 spiro atoms. The van der Waals surface area contributed by atoms with Gasteiger partial charge in [-0.05, 0) is 29.3 Å². The van der Waals surface area contributed by atoms with Crippen LogP contribution in [0, 0.1) is 0 Å². The lowest BCUT2D eigenvalue weighted by molar-refractivity contribution is -0.136. The monoisotopic (exact) mass is 336 g/mol. The predicted molar refractivity (Wildman–Crippen MR) is 73.9 cm³/mol. The van der Waals surface area contributed by atoms with Crippen LogP contribution in [0.1, 0.15) is 31.7 Å². The first-order valence-corrected chi connectivity index (χ1v) is 8.08. The first kappa shape index (κ1) is 15.4. The van der Waals surface area contributed by atoms with Gasteiger partial charge < -0.3 is 5.11 Å². The van der Waals surface area contributed by atoms with Gasteiger partial charge in [-0.15, -0.1) is 0 Å². The van der Waals surface area contributed by atoms with Crippen LogP contribution in [-0.4, -0.2) is 30.8 Å². The number of carboxylic acids is 1. The number of rotatable bonds is 7. The lowest BCUT2D eigenvalue weighted by atomic mass is 10.3. The molecule has 0 aliphatic carbocycles. The third-order valence-electron chi connectivity index (χ3n) is 2.54. The molecule has 0 aliphatic heterocycles. The van der Waals surface area contributed by atoms with E-state index in [1.54, 1.807) is 0 Å². The molecule has 0 amide bonds. The number of aromatic nitrogens is 2. The molecule has 0 fully saturated rings. The first-order chi connectivity index (χ1) is 8.49. The van der Waals surface area contributed by atoms with Crippen LogP contribution < -0.4 is 0 Å². The van der Waals surface area contributed by atoms with Crippen LogP contribution in [0.5, 0.6) is 0 Å². The molecule has 1 unspecified atom stereocenters. The summed E-state index contributed by atoms with van der Waals surface area (Å²) in [7, 11) is -1.17. The molecule has 0 radical (unpaired) electrons. The highest BCUT2D eigenvalue weighted by Crippen LogP contribution is 2.23. The number of hydrogen-bond acceptors (Lipinski definition) is 3. The Morgan fingerprint density at radius 2 is 2.17 bits per heavy atom. The summed E-state index contributed by atoms with van der Waals surface area (Å²) < 4.78 is 14.5. The standard InChI is InChI=1S/C11H17BrN2O3S/c1-3-8-11(12)9(14(4-2)13-8)7-18(17)6-5-10(15)16/h3-7H2,1-2H3,(H,15,16). The number of nitrogens with zero attached hydrogens (tertiary/aromatic N) is 2. The fourth-order valence-corrected chi connectivity index (χ4v) is 3.62. The first-order valence-electron chi connectivity index (χ1n) is 5.80. The Bertz CT molecular complexity index is 459. The summed E-state index contributed by atoms with van der Waals surface area (Å²) in [6.07, 6.45) is 0.744. The predicted octanol–water partition coefficient (Wildman–Crippen LogP) is 1.95. The van der Waals surface area contributed by atoms with Gasteiger partial charge in [-0.3, -0.25) is 13.7 Å². The Labute approximate surface area is 117 Å². The van der Waals surface area contributed by atoms with E-state index in [4.69, 9.17) is 5.11 Å². The number of carboxylic acid groups (broad SMARTS) is 1. The van der Waals surface area contributed by atoms with Gasteiger partial charge in [0.2, 0.25) is 0 Å². The van der Waals surface area contributed by atoms with Crippen LogP contribution in [-0.2, 0) is 34.3 Å². The highest BCUT2D eigenvalue weighted by Gasteiger charge is 2.16. The molecule has 1 aromatic rings. The molecule has 0 saturated heterocycles. The lowest BCUT2D eigenvalue weighted by Gasteiger charge is -2.05. The van der Waals surface area contributed by atoms with E-state index in [0.29, 0.717) is 12.3 Å². The maximum Gasteiger partial charge on any atom is 0.304 e. The normalized spacial score (nSPS) is 12.6. The Balaban J connectivity index is 2.79. The zero-order valence-electron chi connectivity index (χ0n) is 10.5. The van der Waals surface area contributed by atoms with Crippen LogP contribution >= 0.6 is 15.9 Å². The average Bonchev–Trinajstić information content (AvgIpc) is 2.63. The van der Waals surface area contributed by atoms with Crippen molar-refractivity contribution >= 4 is 32.7 Å². The molecule has 0 bridgehead atoms. The van der Waals surface area contributed by atoms with Gasteiger partial charge in [-0.1, -0.05) is 6.92 Å². The number of halogens is 1. The molecule has 18 heavy (non-hydrogen) atoms. The lowest BCUT2D eigenvalue weighted by Crippen LogP contribution is -2.10. The van der Waals surface area contributed by atoms with Crippen molar-refractivity contribution < 1.29 is 14.1 Å². The van der Waals surface area contributed by atoms with Crippen molar-refractivity contribution in [3.05, 3.63) is 15.9 Å². The largest absolute Gasteiger partial charge is 0.481 e. The summed E-state index contributed by atoms with van der Waals surface area (Å²) in [6, 6.07) is 0. The average molecular weight is 337 g/mol. The molecule has 1 heterocycles. The summed E-state index contributed by atoms with van der Waals surface area (Å²) in [5.41, 5.74) is 1.83. The van der Waals surface area contributed by atoms with Crippen molar-refractivity contribution in [2.45, 2.75) is 39.0 Å². The fraction of sp³-hybridized carbons (Fsp3) is 0.636. The van der Waals surface area contributed by atoms with E-state index >= 15 is 0 Å². The van der Waals surface area contributed by atoms with Gasteiger partial charge in [-0.25, -0.2) is 0 Å². The smallest absolute Gasteiger partial charge is 0.304 e. The topological polar surface area (TPSA) is 72.2 Å². The molecule has 5 nitrogen and oxygen atoms in total. The maximum atomic E-state index is 11.8. The second-order valence-corrected chi connectivity index (χ2v) is 6.18. The quantitative estimate of drug-likeness (QED) is 0.825. The summed E-state index contributed by atoms with van der Waals surface area (Å²) in [5.74, 6) is -0.395. The van der Waals surface area contributed by atoms with Crippen molar-refractivity contribution in [1.82, 2.24) is 9.78 Å². The minimum atomic E-state index is -1.17. The Morgan fingerprint density at radius 3 is 2.67 bits per heavy atom. The minimum Gasteiger partial charge on any atom is -0.481 e. The van der Waals surface area contributed by atoms with Gasteiger partial charge in [0.05, 0.1) is 28.0 Å². The van der Waals surface area contributed by atoms with Crippen LogP contribution in [0.2, 0.25) is 0 Å². The molecule has 1 N–H and O–H groups in total. The second-order valence-electron chi connectivity index (χ2n) is 3.81. The van der Waals surface area contributed by atoms with Crippen molar-refractivity contribution in [3.8, 4) is 0 Å². The maximum absolute atomic E-state index is 11.8. The molecule has 0 saturated carbocycles. The number of aryl methyl sites for hydroxylation is 2. The van der Waals surface area contributed by atoms with E-state index in [9.17, 15) is 9.00 Å². The number of hydrogen-bond donors (Lipinski definition) is 1. The van der Waals surface area contributed by atoms with E-state index in [-0.39, 0.29) is 12.2 Å². The highest BCUT2D eigenvalue weighted by molar-refractivity contribution is 9.10. The molecule has 102 valence electrons. The fourth-order valence-electron chi connectivity index (χ4n) is 1.58. The summed E-state index contributed by atoms with van der Waals surface area (Å²) in [5, 5.41) is 13.0. The zero-order valence-corrected chi connectivity index (χ0v) is 12.9. The van der Waals surface area contributed by atoms with Crippen LogP contribution in [0.25, 0.3) is 0 Å². The SMILES string of the molecule is CCc1nn(CC)c(CS(=O)CCC(=O)O)c1Br. The minimum absolute atomic E-state index is 0.0644. The number of carbonyl (C=O) groups is 1. The third-order valence-corrected chi connectivity index (χ3v) is 4.71. The molecular formula is C11H17BrN2O3S. The molecule has 1 atom stereocenters. The molecule has 1 rings (SSSR count). The Hall–Kier alpha value is -0.690. The number of aliphatic carboxylic acids is 1. The van der Waals surface area contributed by atoms with E-state index in [1.165, 1.54) is 0 Å². The Morgan fingerprint density at radius 1 is 1.50 bits per heavy atom. The van der Waals surface area contributed by atoms with Crippen molar-refractivity contribution in [2.24, 2.45) is 0 Å². The second kappa shape index (κ2) is 7.04. The van der Waals surface area contributed by atoms with Gasteiger partial charge in [0.15, 0.2) is 0 Å². The van der Waals surface area contributed by atoms with Crippen molar-refractivity contribution in [2.75, 3.05) is 5.75 Å². The zero-order chi connectivity index (χ0) is 13.7. The van der Waals surface area contributed by atoms with E-state index < -0.39 is 16.8 Å². The molecular weight excluding hydrogens is 320 g/mol. The van der Waals surface area contributed by atoms with Gasteiger partial charge in [0.1, 0.15) is 0 Å².